The van der Waals surface area contributed by atoms with Crippen LogP contribution in [0.4, 0.5) is 5.69 Å². The first-order valence-corrected chi connectivity index (χ1v) is 7.03. The molecule has 0 aliphatic heterocycles. The number of pyridine rings is 1. The van der Waals surface area contributed by atoms with Crippen molar-refractivity contribution >= 4 is 5.69 Å². The van der Waals surface area contributed by atoms with Gasteiger partial charge in [0, 0.05) is 26.2 Å². The van der Waals surface area contributed by atoms with E-state index < -0.39 is 0 Å². The number of nitrogens with two attached hydrogens (primary N) is 1. The summed E-state index contributed by atoms with van der Waals surface area (Å²) in [4.78, 5) is 6.79. The van der Waals surface area contributed by atoms with Crippen molar-refractivity contribution in [1.82, 2.24) is 4.98 Å². The van der Waals surface area contributed by atoms with Crippen LogP contribution in [0, 0.1) is 5.92 Å². The van der Waals surface area contributed by atoms with Gasteiger partial charge in [0.05, 0.1) is 24.2 Å². The Kier molecular flexibility index (Phi) is 6.81. The smallest absolute Gasteiger partial charge is 0.0637 e. The number of rotatable bonds is 8. The number of methoxy groups -OCH3 is 1. The summed E-state index contributed by atoms with van der Waals surface area (Å²) in [5.74, 6) is 0.606. The van der Waals surface area contributed by atoms with Gasteiger partial charge in [0.2, 0.25) is 0 Å². The number of ether oxygens (including phenoxy) is 1. The molecular formula is C15H27N3O. The van der Waals surface area contributed by atoms with E-state index in [1.807, 2.05) is 12.3 Å². The average molecular weight is 265 g/mol. The van der Waals surface area contributed by atoms with Crippen molar-refractivity contribution in [3.05, 3.63) is 24.0 Å². The highest BCUT2D eigenvalue weighted by atomic mass is 16.5. The standard InChI is InChI=1S/C15H27N3O/c1-5-14(16)15-7-6-13(10-17-15)18(8-9-19-4)11-12(2)3/h6-7,10,12,14H,5,8-9,11,16H2,1-4H3/t14-/m1/s1. The fourth-order valence-electron chi connectivity index (χ4n) is 1.98. The van der Waals surface area contributed by atoms with Gasteiger partial charge in [-0.15, -0.1) is 0 Å². The highest BCUT2D eigenvalue weighted by Gasteiger charge is 2.10. The van der Waals surface area contributed by atoms with Crippen molar-refractivity contribution < 1.29 is 4.74 Å². The van der Waals surface area contributed by atoms with Crippen molar-refractivity contribution in [2.24, 2.45) is 11.7 Å². The number of hydrogen-bond donors (Lipinski definition) is 1. The Bertz CT molecular complexity index is 351. The van der Waals surface area contributed by atoms with Crippen LogP contribution in [-0.4, -0.2) is 31.8 Å². The van der Waals surface area contributed by atoms with Crippen molar-refractivity contribution in [2.45, 2.75) is 33.2 Å². The van der Waals surface area contributed by atoms with Gasteiger partial charge < -0.3 is 15.4 Å². The zero-order valence-electron chi connectivity index (χ0n) is 12.6. The minimum atomic E-state index is 0.0339. The summed E-state index contributed by atoms with van der Waals surface area (Å²) in [6, 6.07) is 4.17. The van der Waals surface area contributed by atoms with E-state index in [9.17, 15) is 0 Å². The fraction of sp³-hybridized carbons (Fsp3) is 0.667. The van der Waals surface area contributed by atoms with E-state index in [0.29, 0.717) is 5.92 Å². The first-order chi connectivity index (χ1) is 9.08. The third-order valence-corrected chi connectivity index (χ3v) is 3.11. The Morgan fingerprint density at radius 3 is 2.58 bits per heavy atom. The summed E-state index contributed by atoms with van der Waals surface area (Å²) in [7, 11) is 1.73. The average Bonchev–Trinajstić information content (AvgIpc) is 2.42. The molecule has 0 aliphatic carbocycles. The van der Waals surface area contributed by atoms with E-state index in [4.69, 9.17) is 10.5 Å². The van der Waals surface area contributed by atoms with E-state index in [0.717, 1.165) is 37.5 Å². The molecule has 0 amide bonds. The Morgan fingerprint density at radius 2 is 2.11 bits per heavy atom. The second-order valence-electron chi connectivity index (χ2n) is 5.29. The van der Waals surface area contributed by atoms with Gasteiger partial charge in [-0.2, -0.15) is 0 Å². The van der Waals surface area contributed by atoms with Crippen LogP contribution in [0.3, 0.4) is 0 Å². The van der Waals surface area contributed by atoms with E-state index in [-0.39, 0.29) is 6.04 Å². The lowest BCUT2D eigenvalue weighted by atomic mass is 10.1. The molecule has 108 valence electrons. The van der Waals surface area contributed by atoms with Crippen LogP contribution in [-0.2, 0) is 4.74 Å². The van der Waals surface area contributed by atoms with Gasteiger partial charge in [0.1, 0.15) is 0 Å². The maximum absolute atomic E-state index is 5.99. The van der Waals surface area contributed by atoms with Crippen LogP contribution in [0.15, 0.2) is 18.3 Å². The predicted octanol–water partition coefficient (Wildman–Crippen LogP) is 2.60. The molecule has 0 fully saturated rings. The molecule has 0 saturated carbocycles. The molecule has 4 nitrogen and oxygen atoms in total. The molecule has 0 aromatic carbocycles. The lowest BCUT2D eigenvalue weighted by Gasteiger charge is -2.26. The van der Waals surface area contributed by atoms with Crippen LogP contribution in [0.25, 0.3) is 0 Å². The number of hydrogen-bond acceptors (Lipinski definition) is 4. The highest BCUT2D eigenvalue weighted by Crippen LogP contribution is 2.18. The van der Waals surface area contributed by atoms with Gasteiger partial charge in [-0.3, -0.25) is 4.98 Å². The second-order valence-corrected chi connectivity index (χ2v) is 5.29. The molecule has 1 atom stereocenters. The number of anilines is 1. The molecule has 0 saturated heterocycles. The summed E-state index contributed by atoms with van der Waals surface area (Å²) in [5, 5.41) is 0. The van der Waals surface area contributed by atoms with Crippen LogP contribution >= 0.6 is 0 Å². The molecule has 2 N–H and O–H groups in total. The van der Waals surface area contributed by atoms with E-state index in [1.54, 1.807) is 7.11 Å². The molecule has 19 heavy (non-hydrogen) atoms. The Morgan fingerprint density at radius 1 is 1.37 bits per heavy atom. The topological polar surface area (TPSA) is 51.4 Å². The Hall–Kier alpha value is -1.13. The Balaban J connectivity index is 2.77. The third kappa shape index (κ3) is 5.17. The van der Waals surface area contributed by atoms with Crippen molar-refractivity contribution in [2.75, 3.05) is 31.7 Å². The minimum Gasteiger partial charge on any atom is -0.383 e. The van der Waals surface area contributed by atoms with Gasteiger partial charge in [0.25, 0.3) is 0 Å². The van der Waals surface area contributed by atoms with Gasteiger partial charge in [-0.05, 0) is 24.5 Å². The number of nitrogens with zero attached hydrogens (tertiary/aromatic N) is 2. The molecule has 0 aliphatic rings. The quantitative estimate of drug-likeness (QED) is 0.785. The van der Waals surface area contributed by atoms with Crippen LogP contribution < -0.4 is 10.6 Å². The van der Waals surface area contributed by atoms with Crippen LogP contribution in [0.5, 0.6) is 0 Å². The normalized spacial score (nSPS) is 12.7. The first kappa shape index (κ1) is 15.9. The van der Waals surface area contributed by atoms with Gasteiger partial charge >= 0.3 is 0 Å². The Labute approximate surface area is 117 Å². The van der Waals surface area contributed by atoms with Crippen molar-refractivity contribution in [3.63, 3.8) is 0 Å². The lowest BCUT2D eigenvalue weighted by Crippen LogP contribution is -2.31. The molecule has 1 aromatic heterocycles. The summed E-state index contributed by atoms with van der Waals surface area (Å²) >= 11 is 0. The predicted molar refractivity (Wildman–Crippen MR) is 80.4 cm³/mol. The fourth-order valence-corrected chi connectivity index (χ4v) is 1.98. The first-order valence-electron chi connectivity index (χ1n) is 7.03. The molecule has 0 radical (unpaired) electrons. The van der Waals surface area contributed by atoms with Crippen molar-refractivity contribution in [1.29, 1.82) is 0 Å². The van der Waals surface area contributed by atoms with Gasteiger partial charge in [0.15, 0.2) is 0 Å². The summed E-state index contributed by atoms with van der Waals surface area (Å²) in [6.07, 6.45) is 2.83. The molecule has 0 spiro atoms. The molecule has 1 rings (SSSR count). The maximum atomic E-state index is 5.99. The largest absolute Gasteiger partial charge is 0.383 e. The summed E-state index contributed by atoms with van der Waals surface area (Å²) in [5.41, 5.74) is 8.08. The third-order valence-electron chi connectivity index (χ3n) is 3.11. The zero-order chi connectivity index (χ0) is 14.3. The van der Waals surface area contributed by atoms with Gasteiger partial charge in [-0.25, -0.2) is 0 Å². The lowest BCUT2D eigenvalue weighted by molar-refractivity contribution is 0.204. The van der Waals surface area contributed by atoms with Crippen LogP contribution in [0.2, 0.25) is 0 Å². The van der Waals surface area contributed by atoms with Crippen molar-refractivity contribution in [3.8, 4) is 0 Å². The molecule has 1 aromatic rings. The maximum Gasteiger partial charge on any atom is 0.0637 e. The van der Waals surface area contributed by atoms with E-state index in [1.165, 1.54) is 0 Å². The molecule has 4 heteroatoms. The minimum absolute atomic E-state index is 0.0339. The van der Waals surface area contributed by atoms with Crippen LogP contribution in [0.1, 0.15) is 38.9 Å². The van der Waals surface area contributed by atoms with Gasteiger partial charge in [-0.1, -0.05) is 20.8 Å². The SMILES string of the molecule is CC[C@@H](N)c1ccc(N(CCOC)CC(C)C)cn1. The highest BCUT2D eigenvalue weighted by molar-refractivity contribution is 5.44. The summed E-state index contributed by atoms with van der Waals surface area (Å²) < 4.78 is 5.17. The monoisotopic (exact) mass is 265 g/mol. The van der Waals surface area contributed by atoms with E-state index >= 15 is 0 Å². The van der Waals surface area contributed by atoms with E-state index in [2.05, 4.69) is 36.7 Å². The molecule has 0 bridgehead atoms. The zero-order valence-corrected chi connectivity index (χ0v) is 12.6. The number of aromatic nitrogens is 1. The second kappa shape index (κ2) is 8.12. The summed E-state index contributed by atoms with van der Waals surface area (Å²) in [6.45, 7) is 9.12. The molecule has 1 heterocycles. The molecular weight excluding hydrogens is 238 g/mol. The molecule has 0 unspecified atom stereocenters.